The van der Waals surface area contributed by atoms with Crippen molar-refractivity contribution >= 4 is 27.5 Å². The summed E-state index contributed by atoms with van der Waals surface area (Å²) in [5.41, 5.74) is 0.302. The van der Waals surface area contributed by atoms with E-state index in [0.717, 1.165) is 37.7 Å². The van der Waals surface area contributed by atoms with Gasteiger partial charge in [0.15, 0.2) is 0 Å². The van der Waals surface area contributed by atoms with Crippen LogP contribution in [-0.2, 0) is 4.79 Å². The Hall–Kier alpha value is -1.47. The van der Waals surface area contributed by atoms with Gasteiger partial charge in [-0.05, 0) is 47.3 Å². The van der Waals surface area contributed by atoms with Gasteiger partial charge < -0.3 is 4.90 Å². The lowest BCUT2D eigenvalue weighted by molar-refractivity contribution is -0.385. The molecular weight excluding hydrogens is 362 g/mol. The van der Waals surface area contributed by atoms with Gasteiger partial charge >= 0.3 is 0 Å². The minimum absolute atomic E-state index is 0.0254. The molecule has 124 valence electrons. The molecule has 3 rings (SSSR count). The first-order valence-electron chi connectivity index (χ1n) is 8.01. The second-order valence-electron chi connectivity index (χ2n) is 6.25. The number of carbonyl (C=O) groups is 1. The molecule has 1 heterocycles. The molecule has 1 spiro atoms. The van der Waals surface area contributed by atoms with Crippen LogP contribution >= 0.6 is 15.9 Å². The van der Waals surface area contributed by atoms with Crippen LogP contribution < -0.4 is 5.32 Å². The highest BCUT2D eigenvalue weighted by molar-refractivity contribution is 9.10. The number of nitro benzene ring substituents is 1. The van der Waals surface area contributed by atoms with Crippen LogP contribution in [0.15, 0.2) is 22.7 Å². The van der Waals surface area contributed by atoms with E-state index in [4.69, 9.17) is 0 Å². The Labute approximate surface area is 143 Å². The summed E-state index contributed by atoms with van der Waals surface area (Å²) in [6.45, 7) is 2.53. The lowest BCUT2D eigenvalue weighted by Crippen LogP contribution is -2.48. The van der Waals surface area contributed by atoms with Gasteiger partial charge in [0.05, 0.1) is 14.9 Å². The number of amides is 1. The molecular formula is C16H20BrN3O3. The Kier molecular flexibility index (Phi) is 4.42. The monoisotopic (exact) mass is 381 g/mol. The second kappa shape index (κ2) is 6.20. The van der Waals surface area contributed by atoms with Crippen molar-refractivity contribution in [3.8, 4) is 0 Å². The Balaban J connectivity index is 1.97. The van der Waals surface area contributed by atoms with Crippen LogP contribution in [0.4, 0.5) is 5.69 Å². The molecule has 6 nitrogen and oxygen atoms in total. The van der Waals surface area contributed by atoms with E-state index in [0.29, 0.717) is 11.0 Å². The molecule has 0 aromatic heterocycles. The lowest BCUT2D eigenvalue weighted by Gasteiger charge is -2.31. The second-order valence-corrected chi connectivity index (χ2v) is 7.10. The fraction of sp³-hybridized carbons (Fsp3) is 0.562. The molecule has 1 saturated heterocycles. The topological polar surface area (TPSA) is 75.5 Å². The first-order chi connectivity index (χ1) is 11.0. The average molecular weight is 382 g/mol. The number of nitrogens with one attached hydrogen (secondary N) is 1. The first kappa shape index (κ1) is 16.4. The third kappa shape index (κ3) is 2.76. The van der Waals surface area contributed by atoms with Crippen LogP contribution in [0.5, 0.6) is 0 Å². The van der Waals surface area contributed by atoms with Gasteiger partial charge in [0.25, 0.3) is 5.69 Å². The Morgan fingerprint density at radius 1 is 1.39 bits per heavy atom. The summed E-state index contributed by atoms with van der Waals surface area (Å²) in [4.78, 5) is 25.5. The molecule has 1 amide bonds. The maximum atomic E-state index is 12.9. The number of nitro groups is 1. The molecule has 0 radical (unpaired) electrons. The van der Waals surface area contributed by atoms with Gasteiger partial charge in [-0.25, -0.2) is 0 Å². The lowest BCUT2D eigenvalue weighted by atomic mass is 9.81. The summed E-state index contributed by atoms with van der Waals surface area (Å²) in [7, 11) is 0. The predicted octanol–water partition coefficient (Wildman–Crippen LogP) is 3.51. The Morgan fingerprint density at radius 3 is 2.70 bits per heavy atom. The Morgan fingerprint density at radius 2 is 2.09 bits per heavy atom. The van der Waals surface area contributed by atoms with Gasteiger partial charge in [-0.1, -0.05) is 25.3 Å². The standard InChI is InChI=1S/C16H20BrN3O3/c1-2-19-14(11-6-7-12(17)13(10-11)20(22)23)18-16(15(19)21)8-4-3-5-9-16/h6-7,10,14,18H,2-5,8-9H2,1H3/t14-/m1/s1. The van der Waals surface area contributed by atoms with E-state index in [9.17, 15) is 14.9 Å². The van der Waals surface area contributed by atoms with E-state index >= 15 is 0 Å². The molecule has 1 atom stereocenters. The summed E-state index contributed by atoms with van der Waals surface area (Å²) in [6.07, 6.45) is 4.65. The van der Waals surface area contributed by atoms with Crippen LogP contribution in [0.25, 0.3) is 0 Å². The molecule has 2 aliphatic rings. The quantitative estimate of drug-likeness (QED) is 0.641. The van der Waals surface area contributed by atoms with Crippen molar-refractivity contribution in [3.05, 3.63) is 38.3 Å². The molecule has 1 aliphatic heterocycles. The molecule has 1 saturated carbocycles. The summed E-state index contributed by atoms with van der Waals surface area (Å²) in [5.74, 6) is 0.135. The maximum absolute atomic E-state index is 12.9. The zero-order chi connectivity index (χ0) is 16.6. The van der Waals surface area contributed by atoms with Gasteiger partial charge in [0.1, 0.15) is 6.17 Å². The van der Waals surface area contributed by atoms with E-state index in [1.165, 1.54) is 0 Å². The smallest absolute Gasteiger partial charge is 0.283 e. The fourth-order valence-corrected chi connectivity index (χ4v) is 4.13. The largest absolute Gasteiger partial charge is 0.322 e. The number of rotatable bonds is 3. The summed E-state index contributed by atoms with van der Waals surface area (Å²) in [6, 6.07) is 5.07. The van der Waals surface area contributed by atoms with E-state index < -0.39 is 10.5 Å². The molecule has 0 unspecified atom stereocenters. The zero-order valence-electron chi connectivity index (χ0n) is 13.0. The van der Waals surface area contributed by atoms with Crippen LogP contribution in [0, 0.1) is 10.1 Å². The highest BCUT2D eigenvalue weighted by atomic mass is 79.9. The number of halogens is 1. The van der Waals surface area contributed by atoms with E-state index in [1.807, 2.05) is 13.0 Å². The van der Waals surface area contributed by atoms with Gasteiger partial charge in [-0.2, -0.15) is 0 Å². The maximum Gasteiger partial charge on any atom is 0.283 e. The van der Waals surface area contributed by atoms with Crippen molar-refractivity contribution in [2.75, 3.05) is 6.54 Å². The van der Waals surface area contributed by atoms with E-state index in [1.54, 1.807) is 17.0 Å². The SMILES string of the molecule is CCN1C(=O)C2(CCCCC2)N[C@H]1c1ccc(Br)c([N+](=O)[O-])c1. The van der Waals surface area contributed by atoms with Gasteiger partial charge in [0.2, 0.25) is 5.91 Å². The van der Waals surface area contributed by atoms with Crippen LogP contribution in [0.2, 0.25) is 0 Å². The first-order valence-corrected chi connectivity index (χ1v) is 8.80. The molecule has 0 bridgehead atoms. The van der Waals surface area contributed by atoms with Crippen molar-refractivity contribution in [3.63, 3.8) is 0 Å². The molecule has 2 fully saturated rings. The van der Waals surface area contributed by atoms with Crippen molar-refractivity contribution in [1.82, 2.24) is 10.2 Å². The normalized spacial score (nSPS) is 23.5. The van der Waals surface area contributed by atoms with Crippen LogP contribution in [0.1, 0.15) is 50.8 Å². The van der Waals surface area contributed by atoms with Gasteiger partial charge in [-0.3, -0.25) is 20.2 Å². The summed E-state index contributed by atoms with van der Waals surface area (Å²) >= 11 is 3.21. The molecule has 1 N–H and O–H groups in total. The number of likely N-dealkylation sites (N-methyl/N-ethyl adjacent to an activating group) is 1. The Bertz CT molecular complexity index is 643. The van der Waals surface area contributed by atoms with E-state index in [2.05, 4.69) is 21.2 Å². The number of carbonyl (C=O) groups excluding carboxylic acids is 1. The number of benzene rings is 1. The van der Waals surface area contributed by atoms with Gasteiger partial charge in [-0.15, -0.1) is 0 Å². The summed E-state index contributed by atoms with van der Waals surface area (Å²) in [5, 5.41) is 14.7. The third-order valence-electron chi connectivity index (χ3n) is 4.93. The van der Waals surface area contributed by atoms with Crippen molar-refractivity contribution < 1.29 is 9.72 Å². The summed E-state index contributed by atoms with van der Waals surface area (Å²) < 4.78 is 0.450. The minimum Gasteiger partial charge on any atom is -0.322 e. The molecule has 1 aliphatic carbocycles. The molecule has 1 aromatic carbocycles. The fourth-order valence-electron chi connectivity index (χ4n) is 3.74. The van der Waals surface area contributed by atoms with Crippen molar-refractivity contribution in [2.45, 2.75) is 50.7 Å². The number of hydrogen-bond acceptors (Lipinski definition) is 4. The zero-order valence-corrected chi connectivity index (χ0v) is 14.6. The highest BCUT2D eigenvalue weighted by Gasteiger charge is 2.51. The number of hydrogen-bond donors (Lipinski definition) is 1. The number of nitrogens with zero attached hydrogens (tertiary/aromatic N) is 2. The minimum atomic E-state index is -0.485. The van der Waals surface area contributed by atoms with Gasteiger partial charge in [0, 0.05) is 12.6 Å². The molecule has 7 heteroatoms. The highest BCUT2D eigenvalue weighted by Crippen LogP contribution is 2.40. The van der Waals surface area contributed by atoms with E-state index in [-0.39, 0.29) is 17.8 Å². The average Bonchev–Trinajstić information content (AvgIpc) is 2.80. The molecule has 23 heavy (non-hydrogen) atoms. The predicted molar refractivity (Wildman–Crippen MR) is 89.9 cm³/mol. The van der Waals surface area contributed by atoms with Crippen LogP contribution in [-0.4, -0.2) is 27.8 Å². The molecule has 1 aromatic rings. The third-order valence-corrected chi connectivity index (χ3v) is 5.60. The van der Waals surface area contributed by atoms with Crippen LogP contribution in [0.3, 0.4) is 0 Å². The van der Waals surface area contributed by atoms with Crippen molar-refractivity contribution in [1.29, 1.82) is 0 Å². The van der Waals surface area contributed by atoms with Crippen molar-refractivity contribution in [2.24, 2.45) is 0 Å².